The van der Waals surface area contributed by atoms with E-state index in [1.807, 2.05) is 11.8 Å². The summed E-state index contributed by atoms with van der Waals surface area (Å²) in [6.07, 6.45) is 4.40. The molecule has 0 radical (unpaired) electrons. The SMILES string of the molecule is CC1CN(C(=O)CCC2CCCNC2)CCS1. The third kappa shape index (κ3) is 4.18. The predicted molar refractivity (Wildman–Crippen MR) is 73.3 cm³/mol. The molecule has 0 aliphatic carbocycles. The minimum Gasteiger partial charge on any atom is -0.341 e. The van der Waals surface area contributed by atoms with E-state index in [-0.39, 0.29) is 0 Å². The molecule has 2 saturated heterocycles. The molecule has 2 fully saturated rings. The highest BCUT2D eigenvalue weighted by Gasteiger charge is 2.22. The largest absolute Gasteiger partial charge is 0.341 e. The van der Waals surface area contributed by atoms with Crippen LogP contribution in [0.25, 0.3) is 0 Å². The number of thioether (sulfide) groups is 1. The van der Waals surface area contributed by atoms with Gasteiger partial charge in [-0.25, -0.2) is 0 Å². The predicted octanol–water partition coefficient (Wildman–Crippen LogP) is 1.73. The topological polar surface area (TPSA) is 32.3 Å². The van der Waals surface area contributed by atoms with E-state index in [0.717, 1.165) is 50.7 Å². The van der Waals surface area contributed by atoms with Crippen molar-refractivity contribution in [2.24, 2.45) is 5.92 Å². The smallest absolute Gasteiger partial charge is 0.222 e. The summed E-state index contributed by atoms with van der Waals surface area (Å²) in [5.74, 6) is 2.21. The molecular weight excluding hydrogens is 232 g/mol. The fourth-order valence-corrected chi connectivity index (χ4v) is 3.71. The van der Waals surface area contributed by atoms with Crippen LogP contribution in [0, 0.1) is 5.92 Å². The molecule has 2 aliphatic rings. The average molecular weight is 256 g/mol. The van der Waals surface area contributed by atoms with E-state index in [4.69, 9.17) is 0 Å². The first-order chi connectivity index (χ1) is 8.25. The molecule has 17 heavy (non-hydrogen) atoms. The number of hydrogen-bond donors (Lipinski definition) is 1. The molecule has 2 heterocycles. The van der Waals surface area contributed by atoms with Crippen LogP contribution in [0.2, 0.25) is 0 Å². The number of nitrogens with zero attached hydrogens (tertiary/aromatic N) is 1. The molecule has 0 spiro atoms. The van der Waals surface area contributed by atoms with Gasteiger partial charge in [0.25, 0.3) is 0 Å². The summed E-state index contributed by atoms with van der Waals surface area (Å²) in [4.78, 5) is 14.1. The Hall–Kier alpha value is -0.220. The summed E-state index contributed by atoms with van der Waals surface area (Å²) in [6, 6.07) is 0. The molecule has 0 aromatic carbocycles. The maximum Gasteiger partial charge on any atom is 0.222 e. The molecule has 1 N–H and O–H groups in total. The lowest BCUT2D eigenvalue weighted by molar-refractivity contribution is -0.131. The highest BCUT2D eigenvalue weighted by atomic mass is 32.2. The lowest BCUT2D eigenvalue weighted by Crippen LogP contribution is -2.41. The fourth-order valence-electron chi connectivity index (χ4n) is 2.70. The molecule has 0 aromatic heterocycles. The summed E-state index contributed by atoms with van der Waals surface area (Å²) in [7, 11) is 0. The lowest BCUT2D eigenvalue weighted by Gasteiger charge is -2.31. The average Bonchev–Trinajstić information content (AvgIpc) is 2.37. The van der Waals surface area contributed by atoms with Crippen molar-refractivity contribution in [1.82, 2.24) is 10.2 Å². The Kier molecular flexibility index (Phi) is 5.16. The van der Waals surface area contributed by atoms with Gasteiger partial charge in [0.05, 0.1) is 0 Å². The van der Waals surface area contributed by atoms with Crippen LogP contribution in [0.1, 0.15) is 32.6 Å². The van der Waals surface area contributed by atoms with Gasteiger partial charge in [0.2, 0.25) is 5.91 Å². The summed E-state index contributed by atoms with van der Waals surface area (Å²) in [5.41, 5.74) is 0. The highest BCUT2D eigenvalue weighted by Crippen LogP contribution is 2.20. The second-order valence-corrected chi connectivity index (χ2v) is 6.82. The summed E-state index contributed by atoms with van der Waals surface area (Å²) < 4.78 is 0. The Labute approximate surface area is 109 Å². The van der Waals surface area contributed by atoms with Crippen LogP contribution >= 0.6 is 11.8 Å². The lowest BCUT2D eigenvalue weighted by atomic mass is 9.94. The number of carbonyl (C=O) groups is 1. The number of amides is 1. The molecular formula is C13H24N2OS. The first-order valence-electron chi connectivity index (χ1n) is 6.86. The van der Waals surface area contributed by atoms with Gasteiger partial charge in [-0.05, 0) is 38.3 Å². The van der Waals surface area contributed by atoms with Crippen molar-refractivity contribution in [2.75, 3.05) is 31.9 Å². The molecule has 1 amide bonds. The van der Waals surface area contributed by atoms with E-state index in [9.17, 15) is 4.79 Å². The first kappa shape index (κ1) is 13.2. The molecule has 2 unspecified atom stereocenters. The number of carbonyl (C=O) groups excluding carboxylic acids is 1. The van der Waals surface area contributed by atoms with Crippen LogP contribution in [0.4, 0.5) is 0 Å². The van der Waals surface area contributed by atoms with Crippen molar-refractivity contribution < 1.29 is 4.79 Å². The van der Waals surface area contributed by atoms with Gasteiger partial charge < -0.3 is 10.2 Å². The second-order valence-electron chi connectivity index (χ2n) is 5.27. The second kappa shape index (κ2) is 6.64. The Bertz CT molecular complexity index is 254. The van der Waals surface area contributed by atoms with E-state index in [2.05, 4.69) is 17.1 Å². The summed E-state index contributed by atoms with van der Waals surface area (Å²) in [6.45, 7) is 6.39. The van der Waals surface area contributed by atoms with Gasteiger partial charge >= 0.3 is 0 Å². The Balaban J connectivity index is 1.69. The number of nitrogens with one attached hydrogen (secondary N) is 1. The van der Waals surface area contributed by atoms with Crippen LogP contribution < -0.4 is 5.32 Å². The zero-order valence-electron chi connectivity index (χ0n) is 10.8. The monoisotopic (exact) mass is 256 g/mol. The molecule has 2 atom stereocenters. The van der Waals surface area contributed by atoms with Crippen LogP contribution in [-0.4, -0.2) is 48.0 Å². The maximum absolute atomic E-state index is 12.1. The van der Waals surface area contributed by atoms with Crippen LogP contribution in [0.3, 0.4) is 0 Å². The molecule has 4 heteroatoms. The van der Waals surface area contributed by atoms with Crippen molar-refractivity contribution in [3.63, 3.8) is 0 Å². The van der Waals surface area contributed by atoms with Crippen molar-refractivity contribution in [2.45, 2.75) is 37.9 Å². The number of hydrogen-bond acceptors (Lipinski definition) is 3. The van der Waals surface area contributed by atoms with Gasteiger partial charge in [-0.3, -0.25) is 4.79 Å². The van der Waals surface area contributed by atoms with Gasteiger partial charge in [0.15, 0.2) is 0 Å². The van der Waals surface area contributed by atoms with Gasteiger partial charge in [-0.2, -0.15) is 11.8 Å². The van der Waals surface area contributed by atoms with E-state index < -0.39 is 0 Å². The van der Waals surface area contributed by atoms with E-state index in [0.29, 0.717) is 11.2 Å². The zero-order valence-corrected chi connectivity index (χ0v) is 11.6. The molecule has 0 saturated carbocycles. The Morgan fingerprint density at radius 1 is 1.53 bits per heavy atom. The minimum atomic E-state index is 0.378. The standard InChI is InChI=1S/C13H24N2OS/c1-11-10-15(7-8-17-11)13(16)5-4-12-3-2-6-14-9-12/h11-12,14H,2-10H2,1H3. The third-order valence-electron chi connectivity index (χ3n) is 3.76. The Morgan fingerprint density at radius 3 is 3.12 bits per heavy atom. The maximum atomic E-state index is 12.1. The third-order valence-corrected chi connectivity index (χ3v) is 4.90. The van der Waals surface area contributed by atoms with Gasteiger partial charge in [0, 0.05) is 30.5 Å². The number of piperidine rings is 1. The zero-order chi connectivity index (χ0) is 12.1. The van der Waals surface area contributed by atoms with E-state index in [1.54, 1.807) is 0 Å². The van der Waals surface area contributed by atoms with Crippen LogP contribution in [0.15, 0.2) is 0 Å². The normalized spacial score (nSPS) is 30.3. The van der Waals surface area contributed by atoms with E-state index in [1.165, 1.54) is 12.8 Å². The first-order valence-corrected chi connectivity index (χ1v) is 7.90. The Morgan fingerprint density at radius 2 is 2.41 bits per heavy atom. The van der Waals surface area contributed by atoms with Crippen molar-refractivity contribution in [1.29, 1.82) is 0 Å². The van der Waals surface area contributed by atoms with Crippen LogP contribution in [0.5, 0.6) is 0 Å². The van der Waals surface area contributed by atoms with Gasteiger partial charge in [-0.15, -0.1) is 0 Å². The van der Waals surface area contributed by atoms with Crippen molar-refractivity contribution >= 4 is 17.7 Å². The molecule has 2 aliphatic heterocycles. The van der Waals surface area contributed by atoms with Crippen molar-refractivity contribution in [3.05, 3.63) is 0 Å². The molecule has 0 aromatic rings. The highest BCUT2D eigenvalue weighted by molar-refractivity contribution is 7.99. The molecule has 3 nitrogen and oxygen atoms in total. The fraction of sp³-hybridized carbons (Fsp3) is 0.923. The summed E-state index contributed by atoms with van der Waals surface area (Å²) in [5, 5.41) is 4.03. The van der Waals surface area contributed by atoms with Crippen molar-refractivity contribution in [3.8, 4) is 0 Å². The van der Waals surface area contributed by atoms with E-state index >= 15 is 0 Å². The number of rotatable bonds is 3. The molecule has 98 valence electrons. The van der Waals surface area contributed by atoms with Crippen LogP contribution in [-0.2, 0) is 4.79 Å². The summed E-state index contributed by atoms with van der Waals surface area (Å²) >= 11 is 1.98. The molecule has 2 rings (SSSR count). The minimum absolute atomic E-state index is 0.378. The quantitative estimate of drug-likeness (QED) is 0.834. The van der Waals surface area contributed by atoms with Gasteiger partial charge in [0.1, 0.15) is 0 Å². The molecule has 0 bridgehead atoms. The van der Waals surface area contributed by atoms with Gasteiger partial charge in [-0.1, -0.05) is 6.92 Å².